The van der Waals surface area contributed by atoms with Crippen LogP contribution in [0.1, 0.15) is 79.7 Å². The lowest BCUT2D eigenvalue weighted by Gasteiger charge is -2.36. The van der Waals surface area contributed by atoms with Gasteiger partial charge in [0.15, 0.2) is 0 Å². The Hall–Kier alpha value is -3.96. The summed E-state index contributed by atoms with van der Waals surface area (Å²) in [7, 11) is 0. The predicted molar refractivity (Wildman–Crippen MR) is 160 cm³/mol. The third kappa shape index (κ3) is 11.3. The highest BCUT2D eigenvalue weighted by molar-refractivity contribution is 6.38. The van der Waals surface area contributed by atoms with Gasteiger partial charge in [0.05, 0.1) is 12.6 Å². The fourth-order valence-electron chi connectivity index (χ4n) is 4.63. The Morgan fingerprint density at radius 3 is 2.19 bits per heavy atom. The number of carbonyl (C=O) groups is 6. The lowest BCUT2D eigenvalue weighted by Crippen LogP contribution is -2.59. The van der Waals surface area contributed by atoms with Crippen molar-refractivity contribution in [2.75, 3.05) is 13.1 Å². The number of nitrogens with one attached hydrogen (secondary N) is 4. The van der Waals surface area contributed by atoms with Crippen molar-refractivity contribution in [1.29, 1.82) is 0 Å². The second-order valence-electron chi connectivity index (χ2n) is 12.8. The van der Waals surface area contributed by atoms with Gasteiger partial charge in [-0.3, -0.25) is 24.0 Å². The van der Waals surface area contributed by atoms with Gasteiger partial charge >= 0.3 is 6.09 Å². The zero-order valence-corrected chi connectivity index (χ0v) is 26.4. The van der Waals surface area contributed by atoms with Crippen molar-refractivity contribution < 1.29 is 33.5 Å². The molecule has 1 aliphatic heterocycles. The highest BCUT2D eigenvalue weighted by Crippen LogP contribution is 2.26. The zero-order valence-electron chi connectivity index (χ0n) is 26.4. The minimum atomic E-state index is -1.12. The first kappa shape index (κ1) is 35.2. The molecule has 1 fully saturated rings. The Morgan fingerprint density at radius 1 is 0.953 bits per heavy atom. The van der Waals surface area contributed by atoms with Crippen molar-refractivity contribution in [2.45, 2.75) is 104 Å². The van der Waals surface area contributed by atoms with Gasteiger partial charge in [0, 0.05) is 13.1 Å². The van der Waals surface area contributed by atoms with Gasteiger partial charge in [-0.15, -0.1) is 0 Å². The summed E-state index contributed by atoms with van der Waals surface area (Å²) < 4.78 is 5.35. The van der Waals surface area contributed by atoms with E-state index in [0.717, 1.165) is 5.56 Å². The molecule has 238 valence electrons. The molecule has 0 aliphatic carbocycles. The number of carbonyl (C=O) groups excluding carboxylic acids is 6. The second-order valence-corrected chi connectivity index (χ2v) is 12.8. The van der Waals surface area contributed by atoms with E-state index in [1.54, 1.807) is 41.5 Å². The van der Waals surface area contributed by atoms with Crippen LogP contribution in [0.3, 0.4) is 0 Å². The Kier molecular flexibility index (Phi) is 12.7. The molecular weight excluding hydrogens is 554 g/mol. The Bertz CT molecular complexity index is 1160. The summed E-state index contributed by atoms with van der Waals surface area (Å²) in [6, 6.07) is 6.27. The minimum absolute atomic E-state index is 0.198. The van der Waals surface area contributed by atoms with E-state index in [0.29, 0.717) is 25.8 Å². The maximum atomic E-state index is 13.7. The van der Waals surface area contributed by atoms with Crippen LogP contribution in [0.5, 0.6) is 0 Å². The molecule has 1 aromatic rings. The number of likely N-dealkylation sites (tertiary alicyclic amines) is 1. The monoisotopic (exact) mass is 601 g/mol. The molecule has 1 aliphatic rings. The summed E-state index contributed by atoms with van der Waals surface area (Å²) in [6.45, 7) is 12.5. The van der Waals surface area contributed by atoms with Gasteiger partial charge in [-0.1, -0.05) is 64.4 Å². The lowest BCUT2D eigenvalue weighted by atomic mass is 9.85. The molecule has 12 nitrogen and oxygen atoms in total. The number of hydrogen-bond acceptors (Lipinski definition) is 7. The summed E-state index contributed by atoms with van der Waals surface area (Å²) in [4.78, 5) is 78.7. The van der Waals surface area contributed by atoms with Crippen LogP contribution in [0.2, 0.25) is 0 Å². The number of hydrogen-bond donors (Lipinski definition) is 4. The predicted octanol–water partition coefficient (Wildman–Crippen LogP) is 2.20. The molecule has 43 heavy (non-hydrogen) atoms. The molecule has 2 rings (SSSR count). The fraction of sp³-hybridized carbons (Fsp3) is 0.613. The van der Waals surface area contributed by atoms with Crippen molar-refractivity contribution in [2.24, 2.45) is 5.41 Å². The first-order valence-corrected chi connectivity index (χ1v) is 14.8. The van der Waals surface area contributed by atoms with E-state index in [9.17, 15) is 28.8 Å². The molecular formula is C31H47N5O7. The fourth-order valence-corrected chi connectivity index (χ4v) is 4.63. The van der Waals surface area contributed by atoms with Crippen LogP contribution in [-0.2, 0) is 35.3 Å². The van der Waals surface area contributed by atoms with Gasteiger partial charge in [-0.25, -0.2) is 4.79 Å². The van der Waals surface area contributed by atoms with Crippen LogP contribution in [0.4, 0.5) is 4.79 Å². The summed E-state index contributed by atoms with van der Waals surface area (Å²) in [5.41, 5.74) is -0.563. The van der Waals surface area contributed by atoms with Crippen LogP contribution in [0.15, 0.2) is 30.3 Å². The number of Topliss-reactive ketones (excluding diaryl/α,β-unsaturated/α-hetero) is 1. The SMILES string of the molecule is CCCC(NC(=O)[C@@H]1CCCN1C(=O)C(NC(=O)OC(C)(C)C)C(C)(C)C)C(=O)C(=O)NCC(=O)NCc1ccccc1. The molecule has 4 N–H and O–H groups in total. The molecule has 0 spiro atoms. The van der Waals surface area contributed by atoms with E-state index >= 15 is 0 Å². The second kappa shape index (κ2) is 15.5. The highest BCUT2D eigenvalue weighted by atomic mass is 16.6. The number of rotatable bonds is 12. The van der Waals surface area contributed by atoms with Crippen molar-refractivity contribution in [3.05, 3.63) is 35.9 Å². The largest absolute Gasteiger partial charge is 0.444 e. The molecule has 1 saturated heterocycles. The van der Waals surface area contributed by atoms with Gasteiger partial charge in [-0.2, -0.15) is 0 Å². The molecule has 12 heteroatoms. The van der Waals surface area contributed by atoms with Crippen LogP contribution in [0, 0.1) is 5.41 Å². The maximum absolute atomic E-state index is 13.7. The summed E-state index contributed by atoms with van der Waals surface area (Å²) in [6.07, 6.45) is 0.874. The number of alkyl carbamates (subject to hydrolysis) is 1. The number of ether oxygens (including phenoxy) is 1. The number of ketones is 1. The molecule has 3 atom stereocenters. The van der Waals surface area contributed by atoms with E-state index in [-0.39, 0.29) is 13.0 Å². The maximum Gasteiger partial charge on any atom is 0.408 e. The van der Waals surface area contributed by atoms with Crippen molar-refractivity contribution in [1.82, 2.24) is 26.2 Å². The summed E-state index contributed by atoms with van der Waals surface area (Å²) in [5.74, 6) is -3.32. The number of amides is 5. The van der Waals surface area contributed by atoms with E-state index in [2.05, 4.69) is 21.3 Å². The molecule has 1 heterocycles. The standard InChI is InChI=1S/C31H47N5O7/c1-8-13-21(24(38)27(40)33-19-23(37)32-18-20-14-10-9-11-15-20)34-26(39)22-16-12-17-36(22)28(41)25(30(2,3)4)35-29(42)43-31(5,6)7/h9-11,14-15,21-22,25H,8,12-13,16-19H2,1-7H3,(H,32,37)(H,33,40)(H,34,39)(H,35,42)/t21?,22-,25?/m0/s1. The van der Waals surface area contributed by atoms with Crippen LogP contribution in [0.25, 0.3) is 0 Å². The highest BCUT2D eigenvalue weighted by Gasteiger charge is 2.43. The average Bonchev–Trinajstić information content (AvgIpc) is 3.42. The molecule has 0 radical (unpaired) electrons. The normalized spacial score (nSPS) is 16.4. The number of nitrogens with zero attached hydrogens (tertiary/aromatic N) is 1. The smallest absolute Gasteiger partial charge is 0.408 e. The molecule has 2 unspecified atom stereocenters. The van der Waals surface area contributed by atoms with Gasteiger partial charge in [0.2, 0.25) is 23.5 Å². The Morgan fingerprint density at radius 2 is 1.60 bits per heavy atom. The Labute approximate surface area is 254 Å². The molecule has 5 amide bonds. The van der Waals surface area contributed by atoms with Gasteiger partial charge < -0.3 is 30.9 Å². The topological polar surface area (TPSA) is 163 Å². The first-order chi connectivity index (χ1) is 20.0. The van der Waals surface area contributed by atoms with Gasteiger partial charge in [0.1, 0.15) is 17.7 Å². The van der Waals surface area contributed by atoms with Crippen LogP contribution >= 0.6 is 0 Å². The van der Waals surface area contributed by atoms with Crippen molar-refractivity contribution >= 4 is 35.5 Å². The quantitative estimate of drug-likeness (QED) is 0.267. The molecule has 0 aromatic heterocycles. The third-order valence-corrected chi connectivity index (χ3v) is 6.79. The summed E-state index contributed by atoms with van der Waals surface area (Å²) in [5, 5.41) is 10.3. The van der Waals surface area contributed by atoms with E-state index in [4.69, 9.17) is 4.74 Å². The lowest BCUT2D eigenvalue weighted by molar-refractivity contribution is -0.144. The molecule has 0 saturated carbocycles. The first-order valence-electron chi connectivity index (χ1n) is 14.8. The van der Waals surface area contributed by atoms with Gasteiger partial charge in [0.25, 0.3) is 5.91 Å². The van der Waals surface area contributed by atoms with E-state index in [1.807, 2.05) is 37.3 Å². The van der Waals surface area contributed by atoms with Crippen LogP contribution < -0.4 is 21.3 Å². The average molecular weight is 602 g/mol. The van der Waals surface area contributed by atoms with E-state index in [1.165, 1.54) is 4.90 Å². The minimum Gasteiger partial charge on any atom is -0.444 e. The molecule has 1 aromatic carbocycles. The molecule has 0 bridgehead atoms. The zero-order chi connectivity index (χ0) is 32.4. The van der Waals surface area contributed by atoms with Crippen molar-refractivity contribution in [3.63, 3.8) is 0 Å². The number of benzene rings is 1. The van der Waals surface area contributed by atoms with Crippen molar-refractivity contribution in [3.8, 4) is 0 Å². The summed E-state index contributed by atoms with van der Waals surface area (Å²) >= 11 is 0. The van der Waals surface area contributed by atoms with Gasteiger partial charge in [-0.05, 0) is 51.0 Å². The Balaban J connectivity index is 2.03. The van der Waals surface area contributed by atoms with Crippen LogP contribution in [-0.4, -0.2) is 77.2 Å². The third-order valence-electron chi connectivity index (χ3n) is 6.79. The van der Waals surface area contributed by atoms with E-state index < -0.39 is 71.2 Å².